The Bertz CT molecular complexity index is 1480. The van der Waals surface area contributed by atoms with Crippen LogP contribution in [0.15, 0.2) is 72.9 Å². The zero-order valence-electron chi connectivity index (χ0n) is 42.6. The zero-order chi connectivity index (χ0) is 50.6. The van der Waals surface area contributed by atoms with E-state index in [0.717, 1.165) is 44.9 Å². The number of rotatable bonds is 44. The van der Waals surface area contributed by atoms with Gasteiger partial charge in [-0.1, -0.05) is 196 Å². The molecule has 0 amide bonds. The second kappa shape index (κ2) is 44.0. The molecule has 1 aliphatic carbocycles. The number of carbonyl (C=O) groups is 2. The fourth-order valence-electron chi connectivity index (χ4n) is 7.80. The van der Waals surface area contributed by atoms with E-state index in [9.17, 15) is 44.6 Å². The topological polar surface area (TPSA) is 210 Å². The molecule has 8 atom stereocenters. The molecule has 6 unspecified atom stereocenters. The standard InChI is InChI=1S/C55H95O13P/c1-3-5-7-9-11-13-15-17-19-21-22-23-24-25-26-28-30-32-34-36-38-40-42-44-49(57)67-47(46-66-69(63,64)68-55-53(61)51(59)50(58)52(60)54(55)62)45-65-48(56)43-41-39-37-35-33-31-29-27-20-18-16-14-12-10-8-6-4-2/h6,8,12,14,18,20,29,31,35-38,47,50-55,58-62H,3-5,7,9-11,13,15-17,19,21-28,30,32-34,39-46H2,1-2H3,(H,63,64)/b8-6+,14-12+,20-18+,31-29+,37-35+,38-36+/t47-,50?,51-,52?,53?,54?,55?/m1/s1. The molecule has 6 N–H and O–H groups in total. The van der Waals surface area contributed by atoms with Gasteiger partial charge in [0.2, 0.25) is 0 Å². The van der Waals surface area contributed by atoms with Gasteiger partial charge < -0.3 is 39.9 Å². The summed E-state index contributed by atoms with van der Waals surface area (Å²) >= 11 is 0. The summed E-state index contributed by atoms with van der Waals surface area (Å²) in [5.74, 6) is -1.20. The van der Waals surface area contributed by atoms with E-state index in [-0.39, 0.29) is 12.8 Å². The molecule has 0 aromatic heterocycles. The van der Waals surface area contributed by atoms with E-state index in [0.29, 0.717) is 25.7 Å². The molecule has 1 saturated carbocycles. The quantitative estimate of drug-likeness (QED) is 0.0145. The van der Waals surface area contributed by atoms with Crippen molar-refractivity contribution in [2.24, 2.45) is 0 Å². The minimum absolute atomic E-state index is 0.0348. The molecule has 0 saturated heterocycles. The first-order valence-electron chi connectivity index (χ1n) is 26.7. The number of carbonyl (C=O) groups excluding carboxylic acids is 2. The minimum Gasteiger partial charge on any atom is -0.462 e. The molecule has 398 valence electrons. The van der Waals surface area contributed by atoms with Crippen LogP contribution < -0.4 is 0 Å². The number of esters is 2. The second-order valence-electron chi connectivity index (χ2n) is 18.3. The Morgan fingerprint density at radius 3 is 1.28 bits per heavy atom. The van der Waals surface area contributed by atoms with Crippen molar-refractivity contribution in [2.75, 3.05) is 13.2 Å². The van der Waals surface area contributed by atoms with Gasteiger partial charge in [0.05, 0.1) is 6.61 Å². The summed E-state index contributed by atoms with van der Waals surface area (Å²) in [6.45, 7) is 3.14. The number of aliphatic hydroxyl groups excluding tert-OH is 5. The van der Waals surface area contributed by atoms with Crippen molar-refractivity contribution < 1.29 is 63.1 Å². The number of ether oxygens (including phenoxy) is 2. The lowest BCUT2D eigenvalue weighted by Crippen LogP contribution is -2.64. The number of phosphoric acid groups is 1. The van der Waals surface area contributed by atoms with Crippen molar-refractivity contribution >= 4 is 19.8 Å². The number of aliphatic hydroxyl groups is 5. The van der Waals surface area contributed by atoms with E-state index in [1.807, 2.05) is 18.2 Å². The third kappa shape index (κ3) is 36.0. The lowest BCUT2D eigenvalue weighted by atomic mass is 9.85. The third-order valence-corrected chi connectivity index (χ3v) is 13.0. The molecule has 0 heterocycles. The Hall–Kier alpha value is -2.71. The number of hydrogen-bond donors (Lipinski definition) is 6. The Labute approximate surface area is 416 Å². The summed E-state index contributed by atoms with van der Waals surface area (Å²) < 4.78 is 33.6. The highest BCUT2D eigenvalue weighted by molar-refractivity contribution is 7.47. The second-order valence-corrected chi connectivity index (χ2v) is 19.8. The van der Waals surface area contributed by atoms with Crippen LogP contribution in [0, 0.1) is 0 Å². The highest BCUT2D eigenvalue weighted by Crippen LogP contribution is 2.47. The van der Waals surface area contributed by atoms with E-state index in [2.05, 4.69) is 68.5 Å². The van der Waals surface area contributed by atoms with E-state index in [4.69, 9.17) is 18.5 Å². The monoisotopic (exact) mass is 995 g/mol. The molecule has 0 aromatic rings. The van der Waals surface area contributed by atoms with Gasteiger partial charge in [-0.25, -0.2) is 4.57 Å². The van der Waals surface area contributed by atoms with Crippen molar-refractivity contribution in [1.29, 1.82) is 0 Å². The van der Waals surface area contributed by atoms with Crippen molar-refractivity contribution in [3.63, 3.8) is 0 Å². The molecule has 0 aromatic carbocycles. The maximum Gasteiger partial charge on any atom is 0.472 e. The highest BCUT2D eigenvalue weighted by Gasteiger charge is 2.51. The van der Waals surface area contributed by atoms with Crippen LogP contribution in [0.2, 0.25) is 0 Å². The summed E-state index contributed by atoms with van der Waals surface area (Å²) in [5, 5.41) is 50.3. The van der Waals surface area contributed by atoms with Crippen molar-refractivity contribution in [2.45, 2.75) is 249 Å². The number of hydrogen-bond acceptors (Lipinski definition) is 12. The maximum absolute atomic E-state index is 12.9. The van der Waals surface area contributed by atoms with Crippen LogP contribution in [-0.2, 0) is 32.7 Å². The fraction of sp³-hybridized carbons (Fsp3) is 0.745. The van der Waals surface area contributed by atoms with Crippen LogP contribution in [0.3, 0.4) is 0 Å². The largest absolute Gasteiger partial charge is 0.472 e. The average molecular weight is 995 g/mol. The SMILES string of the molecule is CC/C=C/C/C=C/C/C=C/C/C=C/C/C=C/CCCC(=O)OC[C@H](COP(=O)(O)OC1C(O)C(O)C(O)[C@@H](O)C1O)OC(=O)CCC/C=C/CCCCCCCCCCCCCCCCCCCC. The Morgan fingerprint density at radius 2 is 0.826 bits per heavy atom. The van der Waals surface area contributed by atoms with Gasteiger partial charge in [-0.2, -0.15) is 0 Å². The van der Waals surface area contributed by atoms with Crippen LogP contribution in [-0.4, -0.2) is 98.3 Å². The van der Waals surface area contributed by atoms with Crippen LogP contribution in [0.4, 0.5) is 0 Å². The van der Waals surface area contributed by atoms with Crippen molar-refractivity contribution in [1.82, 2.24) is 0 Å². The summed E-state index contributed by atoms with van der Waals surface area (Å²) in [7, 11) is -5.15. The molecule has 0 bridgehead atoms. The van der Waals surface area contributed by atoms with Crippen molar-refractivity contribution in [3.8, 4) is 0 Å². The normalized spacial score (nSPS) is 21.4. The molecule has 14 heteroatoms. The molecular formula is C55H95O13P. The van der Waals surface area contributed by atoms with Gasteiger partial charge in [0, 0.05) is 12.8 Å². The summed E-state index contributed by atoms with van der Waals surface area (Å²) in [5.41, 5.74) is 0. The maximum atomic E-state index is 12.9. The van der Waals surface area contributed by atoms with Crippen LogP contribution in [0.1, 0.15) is 206 Å². The van der Waals surface area contributed by atoms with Crippen LogP contribution >= 0.6 is 7.82 Å². The molecule has 69 heavy (non-hydrogen) atoms. The van der Waals surface area contributed by atoms with Gasteiger partial charge in [-0.3, -0.25) is 18.6 Å². The minimum atomic E-state index is -5.15. The number of phosphoric ester groups is 1. The van der Waals surface area contributed by atoms with Gasteiger partial charge in [0.1, 0.15) is 43.2 Å². The zero-order valence-corrected chi connectivity index (χ0v) is 43.5. The van der Waals surface area contributed by atoms with Gasteiger partial charge in [-0.15, -0.1) is 0 Å². The number of allylic oxidation sites excluding steroid dienone is 12. The van der Waals surface area contributed by atoms with Gasteiger partial charge in [-0.05, 0) is 70.6 Å². The summed E-state index contributed by atoms with van der Waals surface area (Å²) in [6, 6.07) is 0. The average Bonchev–Trinajstić information content (AvgIpc) is 3.33. The smallest absolute Gasteiger partial charge is 0.462 e. The molecule has 0 radical (unpaired) electrons. The molecule has 13 nitrogen and oxygen atoms in total. The van der Waals surface area contributed by atoms with Gasteiger partial charge in [0.25, 0.3) is 0 Å². The van der Waals surface area contributed by atoms with Gasteiger partial charge >= 0.3 is 19.8 Å². The summed E-state index contributed by atoms with van der Waals surface area (Å²) in [6.07, 6.45) is 44.0. The molecule has 1 rings (SSSR count). The molecule has 1 fully saturated rings. The first-order valence-corrected chi connectivity index (χ1v) is 28.2. The Balaban J connectivity index is 2.42. The van der Waals surface area contributed by atoms with Gasteiger partial charge in [0.15, 0.2) is 6.10 Å². The van der Waals surface area contributed by atoms with Crippen LogP contribution in [0.5, 0.6) is 0 Å². The van der Waals surface area contributed by atoms with E-state index in [1.165, 1.54) is 109 Å². The fourth-order valence-corrected chi connectivity index (χ4v) is 8.77. The van der Waals surface area contributed by atoms with E-state index < -0.39 is 75.7 Å². The molecular weight excluding hydrogens is 900 g/mol. The number of unbranched alkanes of at least 4 members (excludes halogenated alkanes) is 20. The predicted octanol–water partition coefficient (Wildman–Crippen LogP) is 11.8. The van der Waals surface area contributed by atoms with E-state index in [1.54, 1.807) is 0 Å². The Morgan fingerprint density at radius 1 is 0.464 bits per heavy atom. The van der Waals surface area contributed by atoms with E-state index >= 15 is 0 Å². The van der Waals surface area contributed by atoms with Crippen molar-refractivity contribution in [3.05, 3.63) is 72.9 Å². The lowest BCUT2D eigenvalue weighted by Gasteiger charge is -2.41. The third-order valence-electron chi connectivity index (χ3n) is 12.0. The first kappa shape index (κ1) is 64.3. The molecule has 1 aliphatic rings. The lowest BCUT2D eigenvalue weighted by molar-refractivity contribution is -0.220. The molecule has 0 aliphatic heterocycles. The molecule has 0 spiro atoms. The predicted molar refractivity (Wildman–Crippen MR) is 276 cm³/mol. The first-order chi connectivity index (χ1) is 33.4. The Kier molecular flexibility index (Phi) is 41.0. The highest BCUT2D eigenvalue weighted by atomic mass is 31.2. The summed E-state index contributed by atoms with van der Waals surface area (Å²) in [4.78, 5) is 35.8. The van der Waals surface area contributed by atoms with Crippen LogP contribution in [0.25, 0.3) is 0 Å².